The first kappa shape index (κ1) is 14.9. The minimum absolute atomic E-state index is 0.0812. The molecule has 0 bridgehead atoms. The van der Waals surface area contributed by atoms with Gasteiger partial charge in [0.1, 0.15) is 0 Å². The molecule has 0 radical (unpaired) electrons. The monoisotopic (exact) mass is 270 g/mol. The van der Waals surface area contributed by atoms with E-state index in [0.29, 0.717) is 23.2 Å². The van der Waals surface area contributed by atoms with E-state index >= 15 is 0 Å². The quantitative estimate of drug-likeness (QED) is 0.603. The number of nitro benzene ring substituents is 1. The van der Waals surface area contributed by atoms with Crippen LogP contribution in [0.25, 0.3) is 0 Å². The third kappa shape index (κ3) is 4.63. The zero-order chi connectivity index (χ0) is 13.5. The van der Waals surface area contributed by atoms with Crippen molar-refractivity contribution >= 4 is 17.3 Å². The van der Waals surface area contributed by atoms with Gasteiger partial charge in [0, 0.05) is 29.2 Å². The Morgan fingerprint density at radius 1 is 1.50 bits per heavy atom. The van der Waals surface area contributed by atoms with E-state index in [1.54, 1.807) is 12.1 Å². The summed E-state index contributed by atoms with van der Waals surface area (Å²) in [5.41, 5.74) is 0.755. The first-order chi connectivity index (χ1) is 8.54. The summed E-state index contributed by atoms with van der Waals surface area (Å²) in [6.45, 7) is 4.74. The number of halogens is 1. The van der Waals surface area contributed by atoms with E-state index in [-0.39, 0.29) is 10.6 Å². The molecule has 0 aliphatic heterocycles. The molecule has 0 saturated carbocycles. The maximum Gasteiger partial charge on any atom is 0.275 e. The van der Waals surface area contributed by atoms with Gasteiger partial charge in [0.15, 0.2) is 0 Å². The van der Waals surface area contributed by atoms with E-state index in [0.717, 1.165) is 19.3 Å². The lowest BCUT2D eigenvalue weighted by Gasteiger charge is -2.13. The number of unbranched alkanes of at least 4 members (excludes halogenated alkanes) is 1. The molecule has 5 heteroatoms. The number of nitrogens with zero attached hydrogens (tertiary/aromatic N) is 1. The van der Waals surface area contributed by atoms with E-state index in [1.165, 1.54) is 6.07 Å². The Bertz CT molecular complexity index is 410. The summed E-state index contributed by atoms with van der Waals surface area (Å²) >= 11 is 5.77. The van der Waals surface area contributed by atoms with Gasteiger partial charge in [-0.2, -0.15) is 0 Å². The number of hydrogen-bond donors (Lipinski definition) is 1. The lowest BCUT2D eigenvalue weighted by molar-refractivity contribution is -0.385. The van der Waals surface area contributed by atoms with Crippen molar-refractivity contribution in [2.24, 2.45) is 0 Å². The summed E-state index contributed by atoms with van der Waals surface area (Å²) in [4.78, 5) is 10.5. The van der Waals surface area contributed by atoms with Crippen LogP contribution in [-0.4, -0.2) is 11.0 Å². The molecule has 0 heterocycles. The summed E-state index contributed by atoms with van der Waals surface area (Å²) in [7, 11) is 0. The van der Waals surface area contributed by atoms with Gasteiger partial charge in [0.2, 0.25) is 0 Å². The predicted molar refractivity (Wildman–Crippen MR) is 73.9 cm³/mol. The van der Waals surface area contributed by atoms with Crippen molar-refractivity contribution in [3.8, 4) is 0 Å². The zero-order valence-electron chi connectivity index (χ0n) is 10.8. The van der Waals surface area contributed by atoms with Crippen LogP contribution in [0, 0.1) is 10.1 Å². The highest BCUT2D eigenvalue weighted by molar-refractivity contribution is 6.30. The number of benzene rings is 1. The van der Waals surface area contributed by atoms with Gasteiger partial charge in [-0.15, -0.1) is 0 Å². The molecule has 1 aromatic rings. The molecular formula is C13H19ClN2O2. The van der Waals surface area contributed by atoms with Crippen molar-refractivity contribution in [1.82, 2.24) is 5.32 Å². The second-order valence-electron chi connectivity index (χ2n) is 4.45. The van der Waals surface area contributed by atoms with E-state index in [2.05, 4.69) is 19.2 Å². The lowest BCUT2D eigenvalue weighted by atomic mass is 10.1. The second-order valence-corrected chi connectivity index (χ2v) is 4.89. The van der Waals surface area contributed by atoms with Gasteiger partial charge in [-0.25, -0.2) is 0 Å². The summed E-state index contributed by atoms with van der Waals surface area (Å²) in [5.74, 6) is 0. The van der Waals surface area contributed by atoms with Crippen LogP contribution in [0.1, 0.15) is 38.7 Å². The molecule has 18 heavy (non-hydrogen) atoms. The fourth-order valence-corrected chi connectivity index (χ4v) is 1.92. The van der Waals surface area contributed by atoms with Crippen LogP contribution in [0.3, 0.4) is 0 Å². The molecule has 0 aromatic heterocycles. The molecule has 4 nitrogen and oxygen atoms in total. The van der Waals surface area contributed by atoms with E-state index in [9.17, 15) is 10.1 Å². The highest BCUT2D eigenvalue weighted by atomic mass is 35.5. The van der Waals surface area contributed by atoms with Gasteiger partial charge in [0.25, 0.3) is 5.69 Å². The summed E-state index contributed by atoms with van der Waals surface area (Å²) in [6.07, 6.45) is 3.40. The first-order valence-corrected chi connectivity index (χ1v) is 6.58. The van der Waals surface area contributed by atoms with Crippen LogP contribution in [0.5, 0.6) is 0 Å². The van der Waals surface area contributed by atoms with Crippen molar-refractivity contribution in [2.75, 3.05) is 0 Å². The minimum atomic E-state index is -0.389. The van der Waals surface area contributed by atoms with Crippen molar-refractivity contribution < 1.29 is 4.92 Å². The Morgan fingerprint density at radius 2 is 2.22 bits per heavy atom. The normalized spacial score (nSPS) is 12.4. The fourth-order valence-electron chi connectivity index (χ4n) is 1.75. The Kier molecular flexibility index (Phi) is 6.09. The zero-order valence-corrected chi connectivity index (χ0v) is 11.5. The third-order valence-corrected chi connectivity index (χ3v) is 3.11. The van der Waals surface area contributed by atoms with Crippen LogP contribution in [-0.2, 0) is 6.54 Å². The topological polar surface area (TPSA) is 55.2 Å². The molecule has 0 fully saturated rings. The summed E-state index contributed by atoms with van der Waals surface area (Å²) < 4.78 is 0. The average Bonchev–Trinajstić information content (AvgIpc) is 2.34. The van der Waals surface area contributed by atoms with Crippen molar-refractivity contribution in [1.29, 1.82) is 0 Å². The number of nitrogens with one attached hydrogen (secondary N) is 1. The van der Waals surface area contributed by atoms with Crippen LogP contribution < -0.4 is 5.32 Å². The first-order valence-electron chi connectivity index (χ1n) is 6.20. The molecule has 1 rings (SSSR count). The Morgan fingerprint density at radius 3 is 2.83 bits per heavy atom. The van der Waals surface area contributed by atoms with Crippen LogP contribution in [0.4, 0.5) is 5.69 Å². The van der Waals surface area contributed by atoms with Gasteiger partial charge in [0.05, 0.1) is 4.92 Å². The molecule has 0 aliphatic rings. The maximum absolute atomic E-state index is 10.9. The van der Waals surface area contributed by atoms with Crippen molar-refractivity contribution in [3.63, 3.8) is 0 Å². The smallest absolute Gasteiger partial charge is 0.275 e. The molecule has 0 aliphatic carbocycles. The number of hydrogen-bond acceptors (Lipinski definition) is 3. The maximum atomic E-state index is 10.9. The molecule has 1 unspecified atom stereocenters. The van der Waals surface area contributed by atoms with E-state index in [4.69, 9.17) is 11.6 Å². The molecule has 1 atom stereocenters. The number of nitro groups is 1. The van der Waals surface area contributed by atoms with Gasteiger partial charge in [-0.05, 0) is 25.5 Å². The van der Waals surface area contributed by atoms with Crippen molar-refractivity contribution in [2.45, 2.75) is 45.7 Å². The van der Waals surface area contributed by atoms with Gasteiger partial charge >= 0.3 is 0 Å². The van der Waals surface area contributed by atoms with Gasteiger partial charge in [-0.1, -0.05) is 31.4 Å². The van der Waals surface area contributed by atoms with Crippen LogP contribution in [0.15, 0.2) is 18.2 Å². The fraction of sp³-hybridized carbons (Fsp3) is 0.538. The minimum Gasteiger partial charge on any atom is -0.310 e. The molecule has 0 saturated heterocycles. The predicted octanol–water partition coefficient (Wildman–Crippen LogP) is 3.92. The Hall–Kier alpha value is -1.13. The van der Waals surface area contributed by atoms with E-state index < -0.39 is 0 Å². The van der Waals surface area contributed by atoms with E-state index in [1.807, 2.05) is 0 Å². The highest BCUT2D eigenvalue weighted by Gasteiger charge is 2.14. The third-order valence-electron chi connectivity index (χ3n) is 2.88. The Balaban J connectivity index is 2.64. The highest BCUT2D eigenvalue weighted by Crippen LogP contribution is 2.23. The second kappa shape index (κ2) is 7.34. The van der Waals surface area contributed by atoms with Gasteiger partial charge in [-0.3, -0.25) is 10.1 Å². The molecule has 0 amide bonds. The summed E-state index contributed by atoms with van der Waals surface area (Å²) in [5, 5.41) is 14.6. The largest absolute Gasteiger partial charge is 0.310 e. The molecule has 100 valence electrons. The van der Waals surface area contributed by atoms with Crippen LogP contribution >= 0.6 is 11.6 Å². The Labute approximate surface area is 112 Å². The lowest BCUT2D eigenvalue weighted by Crippen LogP contribution is -2.25. The van der Waals surface area contributed by atoms with Gasteiger partial charge < -0.3 is 5.32 Å². The van der Waals surface area contributed by atoms with Crippen LogP contribution in [0.2, 0.25) is 5.02 Å². The number of rotatable bonds is 7. The van der Waals surface area contributed by atoms with Crippen molar-refractivity contribution in [3.05, 3.63) is 38.9 Å². The summed E-state index contributed by atoms with van der Waals surface area (Å²) in [6, 6.07) is 5.15. The molecular weight excluding hydrogens is 252 g/mol. The average molecular weight is 271 g/mol. The SMILES string of the molecule is CCCCC(C)NCc1ccc(Cl)cc1[N+](=O)[O-]. The molecule has 1 aromatic carbocycles. The molecule has 0 spiro atoms. The standard InChI is InChI=1S/C13H19ClN2O2/c1-3-4-5-10(2)15-9-11-6-7-12(14)8-13(11)16(17)18/h6-8,10,15H,3-5,9H2,1-2H3. The molecule has 1 N–H and O–H groups in total.